The van der Waals surface area contributed by atoms with Gasteiger partial charge in [-0.3, -0.25) is 9.59 Å². The Morgan fingerprint density at radius 3 is 2.74 bits per heavy atom. The minimum Gasteiger partial charge on any atom is -0.495 e. The second kappa shape index (κ2) is 8.74. The van der Waals surface area contributed by atoms with Crippen LogP contribution in [0.5, 0.6) is 5.75 Å². The fraction of sp³-hybridized carbons (Fsp3) is 0.619. The van der Waals surface area contributed by atoms with Crippen molar-refractivity contribution in [3.8, 4) is 5.75 Å². The lowest BCUT2D eigenvalue weighted by Gasteiger charge is -2.36. The van der Waals surface area contributed by atoms with Crippen molar-refractivity contribution < 1.29 is 14.3 Å². The smallest absolute Gasteiger partial charge is 0.228 e. The molecule has 0 spiro atoms. The van der Waals surface area contributed by atoms with E-state index in [-0.39, 0.29) is 30.2 Å². The Kier molecular flexibility index (Phi) is 6.37. The van der Waals surface area contributed by atoms with Crippen LogP contribution in [0.4, 0.5) is 5.69 Å². The van der Waals surface area contributed by atoms with E-state index in [9.17, 15) is 9.59 Å². The Balaban J connectivity index is 1.77. The number of rotatable bonds is 6. The minimum atomic E-state index is -0.274. The van der Waals surface area contributed by atoms with Crippen molar-refractivity contribution in [2.24, 2.45) is 5.92 Å². The fourth-order valence-corrected chi connectivity index (χ4v) is 4.18. The third kappa shape index (κ3) is 4.26. The van der Waals surface area contributed by atoms with Crippen molar-refractivity contribution in [1.82, 2.24) is 10.2 Å². The third-order valence-corrected chi connectivity index (χ3v) is 5.60. The summed E-state index contributed by atoms with van der Waals surface area (Å²) >= 11 is 0. The third-order valence-electron chi connectivity index (χ3n) is 5.60. The topological polar surface area (TPSA) is 61.9 Å². The maximum atomic E-state index is 13.3. The molecule has 3 rings (SSSR count). The van der Waals surface area contributed by atoms with Gasteiger partial charge in [-0.15, -0.1) is 0 Å². The van der Waals surface area contributed by atoms with Gasteiger partial charge >= 0.3 is 0 Å². The molecule has 2 fully saturated rings. The van der Waals surface area contributed by atoms with Crippen molar-refractivity contribution in [2.75, 3.05) is 38.2 Å². The number of carbonyl (C=O) groups is 2. The van der Waals surface area contributed by atoms with Crippen molar-refractivity contribution in [3.05, 3.63) is 23.8 Å². The van der Waals surface area contributed by atoms with Gasteiger partial charge in [-0.05, 0) is 57.0 Å². The molecule has 27 heavy (non-hydrogen) atoms. The van der Waals surface area contributed by atoms with E-state index in [1.807, 2.05) is 30.0 Å². The second-order valence-corrected chi connectivity index (χ2v) is 7.59. The Hall–Kier alpha value is -2.08. The SMILES string of the molecule is CCCN(C(=O)C1CC(=O)N(c2cc(C)ccc2OC)C1)C1CCNCC1. The van der Waals surface area contributed by atoms with Crippen molar-refractivity contribution in [3.63, 3.8) is 0 Å². The molecule has 0 aliphatic carbocycles. The zero-order valence-electron chi connectivity index (χ0n) is 16.7. The molecule has 2 amide bonds. The molecule has 6 heteroatoms. The number of hydrogen-bond donors (Lipinski definition) is 1. The molecule has 2 heterocycles. The lowest BCUT2D eigenvalue weighted by Crippen LogP contribution is -2.48. The molecule has 2 saturated heterocycles. The summed E-state index contributed by atoms with van der Waals surface area (Å²) in [4.78, 5) is 29.7. The van der Waals surface area contributed by atoms with E-state index in [4.69, 9.17) is 4.74 Å². The van der Waals surface area contributed by atoms with Crippen LogP contribution in [0.15, 0.2) is 18.2 Å². The molecule has 2 aliphatic heterocycles. The van der Waals surface area contributed by atoms with Crippen molar-refractivity contribution in [1.29, 1.82) is 0 Å². The highest BCUT2D eigenvalue weighted by molar-refractivity contribution is 6.01. The highest BCUT2D eigenvalue weighted by atomic mass is 16.5. The van der Waals surface area contributed by atoms with Gasteiger partial charge in [0, 0.05) is 25.6 Å². The molecule has 0 radical (unpaired) electrons. The number of methoxy groups -OCH3 is 1. The highest BCUT2D eigenvalue weighted by Crippen LogP contribution is 2.34. The number of piperidine rings is 1. The molecule has 1 unspecified atom stereocenters. The van der Waals surface area contributed by atoms with Crippen LogP contribution in [0.2, 0.25) is 0 Å². The van der Waals surface area contributed by atoms with Crippen LogP contribution in [-0.2, 0) is 9.59 Å². The molecular weight excluding hydrogens is 342 g/mol. The van der Waals surface area contributed by atoms with E-state index in [1.54, 1.807) is 12.0 Å². The first-order valence-corrected chi connectivity index (χ1v) is 10.0. The molecule has 1 aromatic carbocycles. The summed E-state index contributed by atoms with van der Waals surface area (Å²) in [6, 6.07) is 6.09. The molecular formula is C21H31N3O3. The quantitative estimate of drug-likeness (QED) is 0.831. The van der Waals surface area contributed by atoms with Crippen LogP contribution in [0.3, 0.4) is 0 Å². The predicted molar refractivity (Wildman–Crippen MR) is 106 cm³/mol. The number of hydrogen-bond acceptors (Lipinski definition) is 4. The normalized spacial score (nSPS) is 20.8. The zero-order chi connectivity index (χ0) is 19.4. The second-order valence-electron chi connectivity index (χ2n) is 7.59. The molecule has 2 aliphatic rings. The summed E-state index contributed by atoms with van der Waals surface area (Å²) in [6.45, 7) is 7.20. The number of amides is 2. The van der Waals surface area contributed by atoms with Gasteiger partial charge in [0.1, 0.15) is 5.75 Å². The minimum absolute atomic E-state index is 0.000917. The van der Waals surface area contributed by atoms with Gasteiger partial charge in [0.2, 0.25) is 11.8 Å². The number of benzene rings is 1. The summed E-state index contributed by atoms with van der Waals surface area (Å²) in [5.74, 6) is 0.528. The molecule has 1 N–H and O–H groups in total. The standard InChI is InChI=1S/C21H31N3O3/c1-4-11-23(17-7-9-22-10-8-17)21(26)16-13-20(25)24(14-16)18-12-15(2)5-6-19(18)27-3/h5-6,12,16-17,22H,4,7-11,13-14H2,1-3H3. The van der Waals surface area contributed by atoms with Crippen LogP contribution in [0, 0.1) is 12.8 Å². The molecule has 0 bridgehead atoms. The number of aryl methyl sites for hydroxylation is 1. The van der Waals surface area contributed by atoms with Crippen LogP contribution >= 0.6 is 0 Å². The number of nitrogens with one attached hydrogen (secondary N) is 1. The summed E-state index contributed by atoms with van der Waals surface area (Å²) in [5.41, 5.74) is 1.83. The van der Waals surface area contributed by atoms with E-state index in [1.165, 1.54) is 0 Å². The van der Waals surface area contributed by atoms with Crippen LogP contribution in [0.1, 0.15) is 38.2 Å². The summed E-state index contributed by atoms with van der Waals surface area (Å²) in [7, 11) is 1.61. The number of ether oxygens (including phenoxy) is 1. The summed E-state index contributed by atoms with van der Waals surface area (Å²) in [6.07, 6.45) is 3.19. The van der Waals surface area contributed by atoms with Crippen molar-refractivity contribution in [2.45, 2.75) is 45.6 Å². The largest absolute Gasteiger partial charge is 0.495 e. The van der Waals surface area contributed by atoms with E-state index < -0.39 is 0 Å². The Labute approximate surface area is 161 Å². The monoisotopic (exact) mass is 373 g/mol. The number of nitrogens with zero attached hydrogens (tertiary/aromatic N) is 2. The molecule has 0 aromatic heterocycles. The average Bonchev–Trinajstić information content (AvgIpc) is 3.08. The first-order chi connectivity index (χ1) is 13.0. The van der Waals surface area contributed by atoms with Gasteiger partial charge < -0.3 is 19.9 Å². The van der Waals surface area contributed by atoms with Gasteiger partial charge in [-0.2, -0.15) is 0 Å². The van der Waals surface area contributed by atoms with E-state index in [0.29, 0.717) is 12.3 Å². The Bertz CT molecular complexity index is 685. The molecule has 1 aromatic rings. The Morgan fingerprint density at radius 1 is 1.33 bits per heavy atom. The van der Waals surface area contributed by atoms with Crippen molar-refractivity contribution >= 4 is 17.5 Å². The molecule has 6 nitrogen and oxygen atoms in total. The van der Waals surface area contributed by atoms with Crippen LogP contribution in [0.25, 0.3) is 0 Å². The van der Waals surface area contributed by atoms with Gasteiger partial charge in [0.25, 0.3) is 0 Å². The lowest BCUT2D eigenvalue weighted by atomic mass is 10.0. The summed E-state index contributed by atoms with van der Waals surface area (Å²) in [5, 5.41) is 3.36. The fourth-order valence-electron chi connectivity index (χ4n) is 4.18. The number of anilines is 1. The van der Waals surface area contributed by atoms with E-state index in [2.05, 4.69) is 12.2 Å². The average molecular weight is 373 g/mol. The van der Waals surface area contributed by atoms with E-state index >= 15 is 0 Å². The van der Waals surface area contributed by atoms with E-state index in [0.717, 1.165) is 50.1 Å². The van der Waals surface area contributed by atoms with Gasteiger partial charge in [-0.25, -0.2) is 0 Å². The first kappa shape index (κ1) is 19.7. The first-order valence-electron chi connectivity index (χ1n) is 10.0. The van der Waals surface area contributed by atoms with Crippen LogP contribution < -0.4 is 15.0 Å². The highest BCUT2D eigenvalue weighted by Gasteiger charge is 2.39. The zero-order valence-corrected chi connectivity index (χ0v) is 16.7. The van der Waals surface area contributed by atoms with Gasteiger partial charge in [-0.1, -0.05) is 13.0 Å². The predicted octanol–water partition coefficient (Wildman–Crippen LogP) is 2.35. The summed E-state index contributed by atoms with van der Waals surface area (Å²) < 4.78 is 5.44. The van der Waals surface area contributed by atoms with Gasteiger partial charge in [0.15, 0.2) is 0 Å². The molecule has 1 atom stereocenters. The maximum Gasteiger partial charge on any atom is 0.228 e. The maximum absolute atomic E-state index is 13.3. The molecule has 0 saturated carbocycles. The lowest BCUT2D eigenvalue weighted by molar-refractivity contribution is -0.138. The molecule has 148 valence electrons. The van der Waals surface area contributed by atoms with Gasteiger partial charge in [0.05, 0.1) is 18.7 Å². The van der Waals surface area contributed by atoms with Crippen LogP contribution in [-0.4, -0.2) is 56.0 Å². The Morgan fingerprint density at radius 2 is 2.07 bits per heavy atom. The number of carbonyl (C=O) groups excluding carboxylic acids is 2.